The number of rotatable bonds is 6. The average molecular weight is 458 g/mol. The molecule has 1 amide bonds. The minimum atomic E-state index is -0.852. The van der Waals surface area contributed by atoms with Crippen LogP contribution in [0.5, 0.6) is 11.5 Å². The maximum Gasteiger partial charge on any atom is 0.295 e. The Morgan fingerprint density at radius 3 is 2.62 bits per heavy atom. The van der Waals surface area contributed by atoms with E-state index in [-0.39, 0.29) is 35.5 Å². The lowest BCUT2D eigenvalue weighted by Crippen LogP contribution is -2.36. The van der Waals surface area contributed by atoms with Gasteiger partial charge in [0.05, 0.1) is 24.3 Å². The Morgan fingerprint density at radius 1 is 1.22 bits per heavy atom. The molecule has 2 saturated heterocycles. The summed E-state index contributed by atoms with van der Waals surface area (Å²) in [7, 11) is 0. The number of phenols is 1. The van der Waals surface area contributed by atoms with E-state index >= 15 is 0 Å². The van der Waals surface area contributed by atoms with Crippen molar-refractivity contribution in [3.63, 3.8) is 0 Å². The van der Waals surface area contributed by atoms with Crippen molar-refractivity contribution in [1.82, 2.24) is 4.90 Å². The van der Waals surface area contributed by atoms with Crippen LogP contribution >= 0.6 is 11.6 Å². The van der Waals surface area contributed by atoms with Crippen LogP contribution in [-0.2, 0) is 14.3 Å². The van der Waals surface area contributed by atoms with Gasteiger partial charge in [0.2, 0.25) is 0 Å². The third-order valence-corrected chi connectivity index (χ3v) is 5.93. The van der Waals surface area contributed by atoms with E-state index in [0.29, 0.717) is 29.4 Å². The van der Waals surface area contributed by atoms with Gasteiger partial charge in [-0.05, 0) is 61.7 Å². The first kappa shape index (κ1) is 22.2. The predicted molar refractivity (Wildman–Crippen MR) is 119 cm³/mol. The van der Waals surface area contributed by atoms with Gasteiger partial charge in [-0.1, -0.05) is 17.7 Å². The number of aromatic hydroxyl groups is 1. The normalized spacial score (nSPS) is 22.5. The molecule has 2 aromatic rings. The smallest absolute Gasteiger partial charge is 0.295 e. The summed E-state index contributed by atoms with van der Waals surface area (Å²) in [6.07, 6.45) is 1.49. The van der Waals surface area contributed by atoms with E-state index in [9.17, 15) is 19.8 Å². The first-order chi connectivity index (χ1) is 15.4. The second-order valence-corrected chi connectivity index (χ2v) is 8.19. The fourth-order valence-corrected chi connectivity index (χ4v) is 4.28. The van der Waals surface area contributed by atoms with E-state index in [1.165, 1.54) is 11.0 Å². The first-order valence-electron chi connectivity index (χ1n) is 10.5. The Morgan fingerprint density at radius 2 is 1.97 bits per heavy atom. The number of hydrogen-bond acceptors (Lipinski definition) is 6. The minimum Gasteiger partial charge on any atom is -0.507 e. The number of carbonyl (C=O) groups is 2. The van der Waals surface area contributed by atoms with E-state index in [1.54, 1.807) is 43.3 Å². The Hall–Kier alpha value is -3.03. The van der Waals surface area contributed by atoms with Gasteiger partial charge in [0.25, 0.3) is 11.7 Å². The lowest BCUT2D eigenvalue weighted by Gasteiger charge is -2.27. The summed E-state index contributed by atoms with van der Waals surface area (Å²) in [5, 5.41) is 21.7. The number of Topliss-reactive ketones (excluding diaryl/α,β-unsaturated/α-hetero) is 1. The predicted octanol–water partition coefficient (Wildman–Crippen LogP) is 4.05. The van der Waals surface area contributed by atoms with E-state index in [0.717, 1.165) is 12.8 Å². The summed E-state index contributed by atoms with van der Waals surface area (Å²) >= 11 is 5.95. The highest BCUT2D eigenvalue weighted by Gasteiger charge is 2.47. The molecule has 2 atom stereocenters. The fourth-order valence-electron chi connectivity index (χ4n) is 4.16. The number of phenolic OH excluding ortho intramolecular Hbond substituents is 1. The van der Waals surface area contributed by atoms with Crippen LogP contribution in [0.1, 0.15) is 36.9 Å². The molecule has 0 radical (unpaired) electrons. The zero-order valence-corrected chi connectivity index (χ0v) is 18.3. The number of amides is 1. The van der Waals surface area contributed by atoms with Gasteiger partial charge in [-0.3, -0.25) is 9.59 Å². The number of nitrogens with zero attached hydrogens (tertiary/aromatic N) is 1. The third-order valence-electron chi connectivity index (χ3n) is 5.68. The van der Waals surface area contributed by atoms with Gasteiger partial charge in [-0.15, -0.1) is 0 Å². The van der Waals surface area contributed by atoms with Gasteiger partial charge in [-0.25, -0.2) is 0 Å². The topological polar surface area (TPSA) is 96.3 Å². The zero-order chi connectivity index (χ0) is 22.8. The van der Waals surface area contributed by atoms with E-state index in [2.05, 4.69) is 0 Å². The molecule has 7 nitrogen and oxygen atoms in total. The molecule has 32 heavy (non-hydrogen) atoms. The standard InChI is InChI=1S/C24H24ClNO6/c1-2-31-19-12-15(7-10-18(19)27)21-20(22(28)14-5-8-16(25)9-6-14)23(29)24(30)26(21)13-17-4-3-11-32-17/h5-10,12,17,21,27-28H,2-4,11,13H2,1H3/t17-,21+/m0/s1. The lowest BCUT2D eigenvalue weighted by atomic mass is 9.95. The summed E-state index contributed by atoms with van der Waals surface area (Å²) in [5.41, 5.74) is 0.890. The molecule has 2 aliphatic heterocycles. The summed E-state index contributed by atoms with van der Waals surface area (Å²) in [6.45, 7) is 2.95. The molecular formula is C24H24ClNO6. The number of ketones is 1. The molecule has 0 bridgehead atoms. The molecule has 0 aromatic heterocycles. The van der Waals surface area contributed by atoms with E-state index in [4.69, 9.17) is 21.1 Å². The summed E-state index contributed by atoms with van der Waals surface area (Å²) < 4.78 is 11.2. The molecule has 4 rings (SSSR count). The second kappa shape index (κ2) is 9.22. The number of hydrogen-bond donors (Lipinski definition) is 2. The highest BCUT2D eigenvalue weighted by Crippen LogP contribution is 2.42. The Labute approximate surface area is 190 Å². The maximum atomic E-state index is 13.1. The molecular weight excluding hydrogens is 434 g/mol. The van der Waals surface area contributed by atoms with Crippen LogP contribution in [0, 0.1) is 0 Å². The summed E-state index contributed by atoms with van der Waals surface area (Å²) in [6, 6.07) is 10.2. The molecule has 2 N–H and O–H groups in total. The number of benzene rings is 2. The van der Waals surface area contributed by atoms with Crippen LogP contribution in [0.2, 0.25) is 5.02 Å². The first-order valence-corrected chi connectivity index (χ1v) is 10.9. The molecule has 2 aromatic carbocycles. The van der Waals surface area contributed by atoms with Crippen molar-refractivity contribution in [3.05, 3.63) is 64.2 Å². The Kier molecular flexibility index (Phi) is 6.39. The number of carbonyl (C=O) groups excluding carboxylic acids is 2. The van der Waals surface area contributed by atoms with Gasteiger partial charge in [0, 0.05) is 23.7 Å². The second-order valence-electron chi connectivity index (χ2n) is 7.75. The number of aliphatic hydroxyl groups excluding tert-OH is 1. The highest BCUT2D eigenvalue weighted by atomic mass is 35.5. The van der Waals surface area contributed by atoms with Gasteiger partial charge in [0.15, 0.2) is 11.5 Å². The highest BCUT2D eigenvalue weighted by molar-refractivity contribution is 6.46. The number of aliphatic hydroxyl groups is 1. The van der Waals surface area contributed by atoms with Crippen molar-refractivity contribution in [2.75, 3.05) is 19.8 Å². The SMILES string of the molecule is CCOc1cc([C@@H]2C(=C(O)c3ccc(Cl)cc3)C(=O)C(=O)N2C[C@@H]2CCCO2)ccc1O. The molecule has 0 unspecified atom stereocenters. The maximum absolute atomic E-state index is 13.1. The van der Waals surface area contributed by atoms with Crippen LogP contribution in [0.15, 0.2) is 48.0 Å². The fraction of sp³-hybridized carbons (Fsp3) is 0.333. The molecule has 168 valence electrons. The van der Waals surface area contributed by atoms with E-state index < -0.39 is 17.7 Å². The van der Waals surface area contributed by atoms with E-state index in [1.807, 2.05) is 0 Å². The summed E-state index contributed by atoms with van der Waals surface area (Å²) in [4.78, 5) is 27.5. The minimum absolute atomic E-state index is 0.0246. The lowest BCUT2D eigenvalue weighted by molar-refractivity contribution is -0.140. The largest absolute Gasteiger partial charge is 0.507 e. The number of halogens is 1. The van der Waals surface area contributed by atoms with Gasteiger partial charge in [0.1, 0.15) is 5.76 Å². The molecule has 2 fully saturated rings. The Bertz CT molecular complexity index is 1060. The van der Waals surface area contributed by atoms with Crippen LogP contribution in [0.25, 0.3) is 5.76 Å². The van der Waals surface area contributed by atoms with Crippen molar-refractivity contribution >= 4 is 29.1 Å². The molecule has 2 heterocycles. The van der Waals surface area contributed by atoms with Gasteiger partial charge >= 0.3 is 0 Å². The third kappa shape index (κ3) is 4.18. The molecule has 8 heteroatoms. The van der Waals surface area contributed by atoms with Crippen LogP contribution < -0.4 is 4.74 Å². The van der Waals surface area contributed by atoms with Crippen molar-refractivity contribution in [2.24, 2.45) is 0 Å². The average Bonchev–Trinajstić information content (AvgIpc) is 3.38. The van der Waals surface area contributed by atoms with Crippen LogP contribution in [-0.4, -0.2) is 52.7 Å². The van der Waals surface area contributed by atoms with Gasteiger partial charge in [-0.2, -0.15) is 0 Å². The van der Waals surface area contributed by atoms with Crippen molar-refractivity contribution in [1.29, 1.82) is 0 Å². The van der Waals surface area contributed by atoms with Crippen LogP contribution in [0.4, 0.5) is 0 Å². The van der Waals surface area contributed by atoms with Crippen LogP contribution in [0.3, 0.4) is 0 Å². The summed E-state index contributed by atoms with van der Waals surface area (Å²) in [5.74, 6) is -1.58. The van der Waals surface area contributed by atoms with Crippen molar-refractivity contribution < 1.29 is 29.3 Å². The molecule has 0 aliphatic carbocycles. The van der Waals surface area contributed by atoms with Crippen molar-refractivity contribution in [2.45, 2.75) is 31.9 Å². The molecule has 2 aliphatic rings. The van der Waals surface area contributed by atoms with Gasteiger partial charge < -0.3 is 24.6 Å². The monoisotopic (exact) mass is 457 g/mol. The zero-order valence-electron chi connectivity index (χ0n) is 17.6. The van der Waals surface area contributed by atoms with Crippen molar-refractivity contribution in [3.8, 4) is 11.5 Å². The number of likely N-dealkylation sites (tertiary alicyclic amines) is 1. The quantitative estimate of drug-likeness (QED) is 0.386. The molecule has 0 spiro atoms. The Balaban J connectivity index is 1.84. The number of ether oxygens (including phenoxy) is 2. The molecule has 0 saturated carbocycles.